The molecule has 0 unspecified atom stereocenters. The Kier molecular flexibility index (Phi) is 4.84. The number of halogens is 5. The normalized spacial score (nSPS) is 12.2. The van der Waals surface area contributed by atoms with Crippen molar-refractivity contribution in [2.75, 3.05) is 0 Å². The number of nitrogens with zero attached hydrogens (tertiary/aromatic N) is 2. The number of benzene rings is 1. The molecule has 0 saturated carbocycles. The van der Waals surface area contributed by atoms with E-state index in [0.717, 1.165) is 0 Å². The molecule has 0 amide bonds. The lowest BCUT2D eigenvalue weighted by molar-refractivity contribution is -0.0502. The standard InChI is InChI=1S/C12H7Cl2F3N2O4S/c1-6-9(5-20)18-19(10-3-2-7(13)4-8(10)14)11(6)23-24(21,22)12(15,16)17/h2-5H,1H3. The lowest BCUT2D eigenvalue weighted by Crippen LogP contribution is -2.29. The van der Waals surface area contributed by atoms with E-state index >= 15 is 0 Å². The Labute approximate surface area is 143 Å². The van der Waals surface area contributed by atoms with Crippen molar-refractivity contribution in [1.29, 1.82) is 0 Å². The fraction of sp³-hybridized carbons (Fsp3) is 0.167. The quantitative estimate of drug-likeness (QED) is 0.444. The molecule has 0 aliphatic heterocycles. The van der Waals surface area contributed by atoms with Gasteiger partial charge in [0.05, 0.1) is 10.7 Å². The molecular formula is C12H7Cl2F3N2O4S. The number of hydrogen-bond acceptors (Lipinski definition) is 5. The smallest absolute Gasteiger partial charge is 0.355 e. The summed E-state index contributed by atoms with van der Waals surface area (Å²) in [5, 5.41) is 3.90. The Bertz CT molecular complexity index is 910. The summed E-state index contributed by atoms with van der Waals surface area (Å²) in [6.07, 6.45) is 0.239. The minimum absolute atomic E-state index is 0.0235. The molecule has 0 aliphatic rings. The Hall–Kier alpha value is -1.78. The summed E-state index contributed by atoms with van der Waals surface area (Å²) in [4.78, 5) is 11.0. The Balaban J connectivity index is 2.68. The third-order valence-electron chi connectivity index (χ3n) is 2.83. The van der Waals surface area contributed by atoms with E-state index in [-0.39, 0.29) is 33.3 Å². The van der Waals surface area contributed by atoms with E-state index in [0.29, 0.717) is 4.68 Å². The Morgan fingerprint density at radius 1 is 1.29 bits per heavy atom. The molecule has 24 heavy (non-hydrogen) atoms. The summed E-state index contributed by atoms with van der Waals surface area (Å²) in [5.41, 5.74) is -6.19. The van der Waals surface area contributed by atoms with Crippen molar-refractivity contribution in [3.05, 3.63) is 39.5 Å². The van der Waals surface area contributed by atoms with Crippen molar-refractivity contribution in [1.82, 2.24) is 9.78 Å². The summed E-state index contributed by atoms with van der Waals surface area (Å²) >= 11 is 11.7. The van der Waals surface area contributed by atoms with E-state index in [4.69, 9.17) is 23.2 Å². The van der Waals surface area contributed by atoms with Crippen molar-refractivity contribution < 1.29 is 30.6 Å². The summed E-state index contributed by atoms with van der Waals surface area (Å²) in [6, 6.07) is 3.89. The first-order chi connectivity index (χ1) is 11.0. The van der Waals surface area contributed by atoms with Gasteiger partial charge in [0.2, 0.25) is 5.88 Å². The second kappa shape index (κ2) is 6.26. The highest BCUT2D eigenvalue weighted by Crippen LogP contribution is 2.34. The van der Waals surface area contributed by atoms with E-state index in [1.807, 2.05) is 0 Å². The first kappa shape index (κ1) is 18.6. The number of aromatic nitrogens is 2. The lowest BCUT2D eigenvalue weighted by atomic mass is 10.3. The zero-order valence-electron chi connectivity index (χ0n) is 11.6. The molecule has 0 bridgehead atoms. The van der Waals surface area contributed by atoms with Crippen LogP contribution in [0.4, 0.5) is 13.2 Å². The van der Waals surface area contributed by atoms with Gasteiger partial charge in [-0.25, -0.2) is 0 Å². The minimum Gasteiger partial charge on any atom is -0.355 e. The minimum atomic E-state index is -5.97. The molecule has 0 radical (unpaired) electrons. The van der Waals surface area contributed by atoms with Gasteiger partial charge in [-0.1, -0.05) is 23.2 Å². The molecule has 1 aromatic heterocycles. The monoisotopic (exact) mass is 402 g/mol. The number of alkyl halides is 3. The highest BCUT2D eigenvalue weighted by molar-refractivity contribution is 7.87. The van der Waals surface area contributed by atoms with Crippen LogP contribution in [0, 0.1) is 6.92 Å². The van der Waals surface area contributed by atoms with Gasteiger partial charge in [-0.05, 0) is 25.1 Å². The molecule has 0 aliphatic carbocycles. The van der Waals surface area contributed by atoms with Crippen LogP contribution in [0.5, 0.6) is 5.88 Å². The van der Waals surface area contributed by atoms with E-state index in [2.05, 4.69) is 9.28 Å². The van der Waals surface area contributed by atoms with Crippen LogP contribution in [0.2, 0.25) is 10.0 Å². The second-order valence-electron chi connectivity index (χ2n) is 4.42. The number of carbonyl (C=O) groups excluding carboxylic acids is 1. The molecule has 0 spiro atoms. The maximum Gasteiger partial charge on any atom is 0.534 e. The van der Waals surface area contributed by atoms with Crippen molar-refractivity contribution >= 4 is 39.6 Å². The highest BCUT2D eigenvalue weighted by atomic mass is 35.5. The second-order valence-corrected chi connectivity index (χ2v) is 6.81. The number of hydrogen-bond donors (Lipinski definition) is 0. The maximum absolute atomic E-state index is 12.6. The summed E-state index contributed by atoms with van der Waals surface area (Å²) in [7, 11) is -5.97. The van der Waals surface area contributed by atoms with Crippen molar-refractivity contribution in [3.63, 3.8) is 0 Å². The summed E-state index contributed by atoms with van der Waals surface area (Å²) < 4.78 is 65.0. The first-order valence-electron chi connectivity index (χ1n) is 5.99. The number of rotatable bonds is 4. The van der Waals surface area contributed by atoms with Crippen LogP contribution >= 0.6 is 23.2 Å². The molecule has 2 rings (SSSR count). The van der Waals surface area contributed by atoms with E-state index in [1.54, 1.807) is 0 Å². The summed E-state index contributed by atoms with van der Waals surface area (Å²) in [6.45, 7) is 1.18. The molecule has 6 nitrogen and oxygen atoms in total. The van der Waals surface area contributed by atoms with Gasteiger partial charge in [0.25, 0.3) is 0 Å². The van der Waals surface area contributed by atoms with Gasteiger partial charge < -0.3 is 4.18 Å². The van der Waals surface area contributed by atoms with E-state index in [9.17, 15) is 26.4 Å². The predicted molar refractivity (Wildman–Crippen MR) is 79.3 cm³/mol. The topological polar surface area (TPSA) is 78.3 Å². The predicted octanol–water partition coefficient (Wildman–Crippen LogP) is 3.53. The Morgan fingerprint density at radius 2 is 1.92 bits per heavy atom. The first-order valence-corrected chi connectivity index (χ1v) is 8.15. The van der Waals surface area contributed by atoms with Crippen LogP contribution in [0.15, 0.2) is 18.2 Å². The van der Waals surface area contributed by atoms with Crippen LogP contribution in [0.3, 0.4) is 0 Å². The van der Waals surface area contributed by atoms with Gasteiger partial charge in [-0.2, -0.15) is 31.4 Å². The lowest BCUT2D eigenvalue weighted by Gasteiger charge is -2.12. The molecule has 1 heterocycles. The van der Waals surface area contributed by atoms with Gasteiger partial charge in [0.15, 0.2) is 6.29 Å². The number of aldehydes is 1. The summed E-state index contributed by atoms with van der Waals surface area (Å²) in [5.74, 6) is -0.807. The SMILES string of the molecule is Cc1c(C=O)nn(-c2ccc(Cl)cc2Cl)c1OS(=O)(=O)C(F)(F)F. The van der Waals surface area contributed by atoms with Gasteiger partial charge in [0, 0.05) is 10.6 Å². The molecule has 0 atom stereocenters. The van der Waals surface area contributed by atoms with Gasteiger partial charge in [0.1, 0.15) is 5.69 Å². The third-order valence-corrected chi connectivity index (χ3v) is 4.31. The Morgan fingerprint density at radius 3 is 2.42 bits per heavy atom. The molecule has 1 aromatic carbocycles. The largest absolute Gasteiger partial charge is 0.534 e. The fourth-order valence-corrected chi connectivity index (χ4v) is 2.66. The molecular weight excluding hydrogens is 396 g/mol. The van der Waals surface area contributed by atoms with Crippen LogP contribution in [0.25, 0.3) is 5.69 Å². The van der Waals surface area contributed by atoms with Gasteiger partial charge in [-0.15, -0.1) is 0 Å². The molecule has 2 aromatic rings. The van der Waals surface area contributed by atoms with E-state index in [1.165, 1.54) is 25.1 Å². The van der Waals surface area contributed by atoms with Crippen LogP contribution in [-0.4, -0.2) is 30.0 Å². The van der Waals surface area contributed by atoms with Gasteiger partial charge >= 0.3 is 15.6 Å². The molecule has 12 heteroatoms. The van der Waals surface area contributed by atoms with Crippen LogP contribution in [-0.2, 0) is 10.1 Å². The van der Waals surface area contributed by atoms with Crippen LogP contribution < -0.4 is 4.18 Å². The fourth-order valence-electron chi connectivity index (χ4n) is 1.67. The van der Waals surface area contributed by atoms with Crippen molar-refractivity contribution in [3.8, 4) is 11.6 Å². The third kappa shape index (κ3) is 3.35. The van der Waals surface area contributed by atoms with Crippen molar-refractivity contribution in [2.45, 2.75) is 12.4 Å². The van der Waals surface area contributed by atoms with E-state index < -0.39 is 21.5 Å². The average molecular weight is 403 g/mol. The van der Waals surface area contributed by atoms with Crippen LogP contribution in [0.1, 0.15) is 16.1 Å². The zero-order chi connectivity index (χ0) is 18.3. The maximum atomic E-state index is 12.6. The molecule has 0 fully saturated rings. The highest BCUT2D eigenvalue weighted by Gasteiger charge is 2.49. The number of carbonyl (C=O) groups is 1. The zero-order valence-corrected chi connectivity index (χ0v) is 14.0. The average Bonchev–Trinajstić information content (AvgIpc) is 2.74. The molecule has 0 N–H and O–H groups in total. The molecule has 0 saturated heterocycles. The van der Waals surface area contributed by atoms with Gasteiger partial charge in [-0.3, -0.25) is 4.79 Å². The van der Waals surface area contributed by atoms with Crippen molar-refractivity contribution in [2.24, 2.45) is 0 Å². The molecule has 130 valence electrons.